The Kier molecular flexibility index (Phi) is 3.81. The van der Waals surface area contributed by atoms with Crippen LogP contribution in [0.2, 0.25) is 0 Å². The van der Waals surface area contributed by atoms with Crippen molar-refractivity contribution < 1.29 is 19.2 Å². The number of carbonyl (C=O) groups is 3. The highest BCUT2D eigenvalue weighted by Gasteiger charge is 2.39. The smallest absolute Gasteiger partial charge is 0.338 e. The normalized spacial score (nSPS) is 13.0. The highest BCUT2D eigenvalue weighted by Crippen LogP contribution is 2.23. The average Bonchev–Trinajstić information content (AvgIpc) is 3.22. The van der Waals surface area contributed by atoms with E-state index < -0.39 is 17.8 Å². The van der Waals surface area contributed by atoms with Gasteiger partial charge in [0, 0.05) is 25.1 Å². The lowest BCUT2D eigenvalue weighted by Gasteiger charge is -2.14. The maximum atomic E-state index is 12.5. The third kappa shape index (κ3) is 2.65. The summed E-state index contributed by atoms with van der Waals surface area (Å²) in [4.78, 5) is 46.2. The van der Waals surface area contributed by atoms with E-state index in [2.05, 4.69) is 4.98 Å². The summed E-state index contributed by atoms with van der Waals surface area (Å²) in [5.74, 6) is -2.07. The Hall–Kier alpha value is -3.74. The van der Waals surface area contributed by atoms with E-state index in [0.29, 0.717) is 11.6 Å². The van der Waals surface area contributed by atoms with Crippen LogP contribution >= 0.6 is 0 Å². The van der Waals surface area contributed by atoms with E-state index in [9.17, 15) is 14.4 Å². The summed E-state index contributed by atoms with van der Waals surface area (Å²) in [6.07, 6.45) is 5.05. The highest BCUT2D eigenvalue weighted by atomic mass is 16.7. The first kappa shape index (κ1) is 15.8. The number of hydrogen-bond donors (Lipinski definition) is 0. The first-order chi connectivity index (χ1) is 12.6. The van der Waals surface area contributed by atoms with E-state index in [4.69, 9.17) is 4.84 Å². The molecule has 4 rings (SSSR count). The van der Waals surface area contributed by atoms with Crippen molar-refractivity contribution in [1.82, 2.24) is 14.6 Å². The van der Waals surface area contributed by atoms with Crippen molar-refractivity contribution in [1.29, 1.82) is 0 Å². The summed E-state index contributed by atoms with van der Waals surface area (Å²) in [7, 11) is 0. The average molecular weight is 347 g/mol. The second-order valence-electron chi connectivity index (χ2n) is 5.71. The van der Waals surface area contributed by atoms with Gasteiger partial charge >= 0.3 is 5.97 Å². The van der Waals surface area contributed by atoms with Gasteiger partial charge in [0.25, 0.3) is 11.8 Å². The largest absolute Gasteiger partial charge is 0.380 e. The fraction of sp³-hybridized carbons (Fsp3) is 0.0526. The van der Waals surface area contributed by atoms with Crippen LogP contribution in [0.5, 0.6) is 0 Å². The molecule has 0 atom stereocenters. The number of rotatable bonds is 4. The molecule has 3 aromatic rings. The number of pyridine rings is 1. The predicted molar refractivity (Wildman–Crippen MR) is 90.1 cm³/mol. The van der Waals surface area contributed by atoms with Crippen LogP contribution in [0.25, 0.3) is 0 Å². The molecule has 7 heteroatoms. The zero-order chi connectivity index (χ0) is 18.1. The van der Waals surface area contributed by atoms with Gasteiger partial charge < -0.3 is 9.40 Å². The molecule has 0 spiro atoms. The standard InChI is InChI=1S/C19H13N3O4/c23-17-14-4-1-2-5-15(14)18(24)22(17)26-19(25)16-6-3-11-21(16)12-13-7-9-20-10-8-13/h1-11H,12H2. The molecule has 26 heavy (non-hydrogen) atoms. The molecular weight excluding hydrogens is 334 g/mol. The molecule has 3 heterocycles. The van der Waals surface area contributed by atoms with Crippen LogP contribution in [0.1, 0.15) is 36.8 Å². The number of amides is 2. The Morgan fingerprint density at radius 3 is 2.23 bits per heavy atom. The van der Waals surface area contributed by atoms with Crippen LogP contribution in [-0.4, -0.2) is 32.4 Å². The number of carbonyl (C=O) groups excluding carboxylic acids is 3. The molecule has 0 bridgehead atoms. The molecule has 1 aliphatic rings. The summed E-state index contributed by atoms with van der Waals surface area (Å²) < 4.78 is 1.68. The Bertz CT molecular complexity index is 975. The van der Waals surface area contributed by atoms with Crippen molar-refractivity contribution in [2.45, 2.75) is 6.54 Å². The Labute approximate surface area is 148 Å². The molecule has 0 fully saturated rings. The van der Waals surface area contributed by atoms with Crippen molar-refractivity contribution in [3.63, 3.8) is 0 Å². The fourth-order valence-electron chi connectivity index (χ4n) is 2.80. The molecule has 0 unspecified atom stereocenters. The van der Waals surface area contributed by atoms with Gasteiger partial charge in [-0.3, -0.25) is 14.6 Å². The number of benzene rings is 1. The monoisotopic (exact) mass is 347 g/mol. The lowest BCUT2D eigenvalue weighted by Crippen LogP contribution is -2.33. The van der Waals surface area contributed by atoms with Gasteiger partial charge in [-0.2, -0.15) is 0 Å². The number of hydrogen-bond acceptors (Lipinski definition) is 5. The topological polar surface area (TPSA) is 81.5 Å². The van der Waals surface area contributed by atoms with E-state index in [1.807, 2.05) is 12.1 Å². The maximum Gasteiger partial charge on any atom is 0.380 e. The molecule has 2 aromatic heterocycles. The van der Waals surface area contributed by atoms with E-state index in [-0.39, 0.29) is 16.8 Å². The lowest BCUT2D eigenvalue weighted by molar-refractivity contribution is -0.0591. The van der Waals surface area contributed by atoms with Crippen LogP contribution in [0.3, 0.4) is 0 Å². The molecule has 0 N–H and O–H groups in total. The minimum atomic E-state index is -0.779. The number of hydroxylamine groups is 2. The minimum absolute atomic E-state index is 0.220. The zero-order valence-corrected chi connectivity index (χ0v) is 13.5. The van der Waals surface area contributed by atoms with Gasteiger partial charge in [0.05, 0.1) is 11.1 Å². The van der Waals surface area contributed by atoms with Crippen LogP contribution < -0.4 is 0 Å². The van der Waals surface area contributed by atoms with Crippen LogP contribution in [0.4, 0.5) is 0 Å². The van der Waals surface area contributed by atoms with E-state index in [1.165, 1.54) is 12.1 Å². The van der Waals surface area contributed by atoms with Gasteiger partial charge in [-0.1, -0.05) is 17.2 Å². The molecule has 7 nitrogen and oxygen atoms in total. The number of fused-ring (bicyclic) bond motifs is 1. The van der Waals surface area contributed by atoms with Gasteiger partial charge in [-0.05, 0) is 42.0 Å². The van der Waals surface area contributed by atoms with Crippen molar-refractivity contribution in [2.75, 3.05) is 0 Å². The molecule has 1 aliphatic heterocycles. The van der Waals surface area contributed by atoms with Gasteiger partial charge in [0.1, 0.15) is 5.69 Å². The van der Waals surface area contributed by atoms with Crippen molar-refractivity contribution >= 4 is 17.8 Å². The molecule has 2 amide bonds. The Balaban J connectivity index is 1.54. The minimum Gasteiger partial charge on any atom is -0.338 e. The van der Waals surface area contributed by atoms with E-state index >= 15 is 0 Å². The summed E-state index contributed by atoms with van der Waals surface area (Å²) in [5.41, 5.74) is 1.62. The van der Waals surface area contributed by atoms with E-state index in [1.54, 1.807) is 47.4 Å². The van der Waals surface area contributed by atoms with Crippen molar-refractivity contribution in [2.24, 2.45) is 0 Å². The third-order valence-corrected chi connectivity index (χ3v) is 4.07. The molecule has 0 radical (unpaired) electrons. The lowest BCUT2D eigenvalue weighted by atomic mass is 10.1. The third-order valence-electron chi connectivity index (χ3n) is 4.07. The zero-order valence-electron chi connectivity index (χ0n) is 13.5. The van der Waals surface area contributed by atoms with Gasteiger partial charge in [-0.15, -0.1) is 0 Å². The number of aromatic nitrogens is 2. The van der Waals surface area contributed by atoms with Crippen molar-refractivity contribution in [3.8, 4) is 0 Å². The summed E-state index contributed by atoms with van der Waals surface area (Å²) >= 11 is 0. The molecular formula is C19H13N3O4. The molecule has 1 aromatic carbocycles. The quantitative estimate of drug-likeness (QED) is 0.677. The van der Waals surface area contributed by atoms with Crippen LogP contribution in [0, 0.1) is 0 Å². The molecule has 0 saturated heterocycles. The summed E-state index contributed by atoms with van der Waals surface area (Å²) in [6.45, 7) is 0.433. The number of imide groups is 1. The van der Waals surface area contributed by atoms with Gasteiger partial charge in [-0.25, -0.2) is 4.79 Å². The Morgan fingerprint density at radius 2 is 1.58 bits per heavy atom. The van der Waals surface area contributed by atoms with E-state index in [0.717, 1.165) is 5.56 Å². The Morgan fingerprint density at radius 1 is 0.923 bits per heavy atom. The van der Waals surface area contributed by atoms with Crippen LogP contribution in [-0.2, 0) is 11.4 Å². The van der Waals surface area contributed by atoms with Gasteiger partial charge in [0.2, 0.25) is 0 Å². The van der Waals surface area contributed by atoms with Crippen LogP contribution in [0.15, 0.2) is 67.1 Å². The second kappa shape index (κ2) is 6.29. The molecule has 0 saturated carbocycles. The maximum absolute atomic E-state index is 12.5. The summed E-state index contributed by atoms with van der Waals surface area (Å²) in [6, 6.07) is 13.3. The van der Waals surface area contributed by atoms with Gasteiger partial charge in [0.15, 0.2) is 0 Å². The van der Waals surface area contributed by atoms with Crippen molar-refractivity contribution in [3.05, 3.63) is 89.5 Å². The summed E-state index contributed by atoms with van der Waals surface area (Å²) in [5, 5.41) is 0.511. The number of nitrogens with zero attached hydrogens (tertiary/aromatic N) is 3. The first-order valence-corrected chi connectivity index (χ1v) is 7.89. The second-order valence-corrected chi connectivity index (χ2v) is 5.71. The SMILES string of the molecule is O=C(ON1C(=O)c2ccccc2C1=O)c1cccn1Cc1ccncc1. The predicted octanol–water partition coefficient (Wildman–Crippen LogP) is 2.30. The highest BCUT2D eigenvalue weighted by molar-refractivity contribution is 6.21. The molecule has 128 valence electrons. The molecule has 0 aliphatic carbocycles. The first-order valence-electron chi connectivity index (χ1n) is 7.89. The fourth-order valence-corrected chi connectivity index (χ4v) is 2.80.